The minimum absolute atomic E-state index is 0.0110. The summed E-state index contributed by atoms with van der Waals surface area (Å²) in [6, 6.07) is 29.9. The molecule has 3 atom stereocenters. The van der Waals surface area contributed by atoms with Gasteiger partial charge in [-0.3, -0.25) is 9.59 Å². The fourth-order valence-corrected chi connectivity index (χ4v) is 7.61. The van der Waals surface area contributed by atoms with Crippen LogP contribution in [-0.4, -0.2) is 26.4 Å². The molecule has 0 aromatic heterocycles. The van der Waals surface area contributed by atoms with Crippen LogP contribution in [0.5, 0.6) is 5.75 Å². The van der Waals surface area contributed by atoms with Gasteiger partial charge in [0.25, 0.3) is 0 Å². The first-order valence-corrected chi connectivity index (χ1v) is 20.2. The molecule has 47 heavy (non-hydrogen) atoms. The van der Waals surface area contributed by atoms with E-state index in [2.05, 4.69) is 58.1 Å². The molecule has 0 radical (unpaired) electrons. The van der Waals surface area contributed by atoms with Crippen molar-refractivity contribution in [3.05, 3.63) is 114 Å². The third-order valence-electron chi connectivity index (χ3n) is 9.48. The van der Waals surface area contributed by atoms with E-state index in [0.29, 0.717) is 18.6 Å². The molecule has 246 valence electrons. The summed E-state index contributed by atoms with van der Waals surface area (Å²) in [5.41, 5.74) is 4.40. The largest absolute Gasteiger partial charge is 0.426 e. The number of rotatable bonds is 11. The maximum Gasteiger partial charge on any atom is 0.308 e. The topological polar surface area (TPSA) is 55.8 Å². The van der Waals surface area contributed by atoms with Crippen molar-refractivity contribution in [2.45, 2.75) is 75.7 Å². The van der Waals surface area contributed by atoms with Crippen LogP contribution in [0.25, 0.3) is 11.1 Å². The second-order valence-corrected chi connectivity index (χ2v) is 19.3. The highest BCUT2D eigenvalue weighted by Gasteiger charge is 2.50. The molecule has 3 unspecified atom stereocenters. The van der Waals surface area contributed by atoms with Gasteiger partial charge in [0.1, 0.15) is 11.6 Å². The lowest BCUT2D eigenvalue weighted by molar-refractivity contribution is -0.132. The standard InChI is InChI=1S/C39H44FNO4SSi/c1-26(42)44-36-25-29(27-15-20-32(46-5)21-16-27)17-22-33(36)37-34(38(43)41(37)31-11-9-8-10-12-31)23-24-35(28-13-18-30(40)19-14-28)45-47(6,7)39(2,3)4/h8-22,25,34-35,37H,23-24H2,1-7H3. The molecular formula is C39H44FNO4SSi. The number of nitrogens with zero attached hydrogens (tertiary/aromatic N) is 1. The molecular weight excluding hydrogens is 626 g/mol. The van der Waals surface area contributed by atoms with Gasteiger partial charge in [-0.05, 0) is 96.4 Å². The minimum Gasteiger partial charge on any atom is -0.426 e. The number of ether oxygens (including phenoxy) is 1. The van der Waals surface area contributed by atoms with E-state index in [1.165, 1.54) is 19.1 Å². The lowest BCUT2D eigenvalue weighted by atomic mass is 9.77. The normalized spacial score (nSPS) is 17.3. The fraction of sp³-hybridized carbons (Fsp3) is 0.333. The van der Waals surface area contributed by atoms with Crippen LogP contribution in [0.4, 0.5) is 10.1 Å². The average Bonchev–Trinajstić information content (AvgIpc) is 3.03. The molecule has 0 bridgehead atoms. The summed E-state index contributed by atoms with van der Waals surface area (Å²) < 4.78 is 26.7. The second-order valence-electron chi connectivity index (χ2n) is 13.7. The monoisotopic (exact) mass is 669 g/mol. The van der Waals surface area contributed by atoms with Crippen molar-refractivity contribution in [3.8, 4) is 16.9 Å². The average molecular weight is 670 g/mol. The summed E-state index contributed by atoms with van der Waals surface area (Å²) in [5, 5.41) is -0.0272. The molecule has 1 fully saturated rings. The molecule has 1 heterocycles. The van der Waals surface area contributed by atoms with E-state index in [1.807, 2.05) is 59.7 Å². The van der Waals surface area contributed by atoms with Gasteiger partial charge >= 0.3 is 5.97 Å². The third kappa shape index (κ3) is 7.72. The van der Waals surface area contributed by atoms with Crippen molar-refractivity contribution in [1.29, 1.82) is 0 Å². The van der Waals surface area contributed by atoms with Crippen LogP contribution < -0.4 is 9.64 Å². The number of hydrogen-bond acceptors (Lipinski definition) is 5. The van der Waals surface area contributed by atoms with Crippen LogP contribution in [-0.2, 0) is 14.0 Å². The van der Waals surface area contributed by atoms with Crippen LogP contribution in [0.15, 0.2) is 102 Å². The van der Waals surface area contributed by atoms with Crippen LogP contribution in [0, 0.1) is 11.7 Å². The predicted octanol–water partition coefficient (Wildman–Crippen LogP) is 10.4. The Morgan fingerprint density at radius 1 is 0.936 bits per heavy atom. The summed E-state index contributed by atoms with van der Waals surface area (Å²) in [6.45, 7) is 12.4. The van der Waals surface area contributed by atoms with E-state index in [4.69, 9.17) is 9.16 Å². The number of carbonyl (C=O) groups is 2. The van der Waals surface area contributed by atoms with Gasteiger partial charge in [-0.1, -0.05) is 75.4 Å². The number of benzene rings is 4. The summed E-state index contributed by atoms with van der Waals surface area (Å²) in [6.07, 6.45) is 2.87. The Labute approximate surface area is 283 Å². The highest BCUT2D eigenvalue weighted by atomic mass is 32.2. The fourth-order valence-electron chi connectivity index (χ4n) is 5.88. The Balaban J connectivity index is 1.52. The Morgan fingerprint density at radius 3 is 2.17 bits per heavy atom. The van der Waals surface area contributed by atoms with Crippen molar-refractivity contribution < 1.29 is 23.1 Å². The lowest BCUT2D eigenvalue weighted by Crippen LogP contribution is -2.55. The zero-order chi connectivity index (χ0) is 33.9. The number of carbonyl (C=O) groups excluding carboxylic acids is 2. The number of halogens is 1. The van der Waals surface area contributed by atoms with E-state index >= 15 is 0 Å². The summed E-state index contributed by atoms with van der Waals surface area (Å²) in [4.78, 5) is 29.4. The minimum atomic E-state index is -2.21. The summed E-state index contributed by atoms with van der Waals surface area (Å²) in [5.74, 6) is -0.637. The molecule has 0 N–H and O–H groups in total. The number of esters is 1. The van der Waals surface area contributed by atoms with E-state index in [9.17, 15) is 14.0 Å². The summed E-state index contributed by atoms with van der Waals surface area (Å²) in [7, 11) is -2.21. The van der Waals surface area contributed by atoms with Crippen molar-refractivity contribution in [1.82, 2.24) is 0 Å². The molecule has 0 aliphatic carbocycles. The Morgan fingerprint density at radius 2 is 1.57 bits per heavy atom. The van der Waals surface area contributed by atoms with E-state index in [1.54, 1.807) is 23.9 Å². The zero-order valence-electron chi connectivity index (χ0n) is 28.3. The molecule has 0 spiro atoms. The number of hydrogen-bond donors (Lipinski definition) is 0. The first-order valence-electron chi connectivity index (χ1n) is 16.1. The van der Waals surface area contributed by atoms with Gasteiger partial charge in [-0.2, -0.15) is 0 Å². The van der Waals surface area contributed by atoms with Gasteiger partial charge in [0.15, 0.2) is 8.32 Å². The quantitative estimate of drug-likeness (QED) is 0.0523. The van der Waals surface area contributed by atoms with Gasteiger partial charge < -0.3 is 14.1 Å². The first-order chi connectivity index (χ1) is 22.3. The number of amides is 1. The van der Waals surface area contributed by atoms with Gasteiger partial charge in [0.05, 0.1) is 18.1 Å². The Bertz CT molecular complexity index is 1700. The molecule has 5 rings (SSSR count). The van der Waals surface area contributed by atoms with Gasteiger partial charge in [0.2, 0.25) is 5.91 Å². The van der Waals surface area contributed by atoms with Gasteiger partial charge in [-0.15, -0.1) is 11.8 Å². The molecule has 1 aliphatic heterocycles. The Kier molecular flexibility index (Phi) is 10.4. The first kappa shape index (κ1) is 34.6. The van der Waals surface area contributed by atoms with Crippen LogP contribution in [0.1, 0.15) is 63.8 Å². The molecule has 5 nitrogen and oxygen atoms in total. The smallest absolute Gasteiger partial charge is 0.308 e. The third-order valence-corrected chi connectivity index (χ3v) is 14.7. The van der Waals surface area contributed by atoms with E-state index in [-0.39, 0.29) is 34.8 Å². The summed E-state index contributed by atoms with van der Waals surface area (Å²) >= 11 is 1.68. The van der Waals surface area contributed by atoms with Crippen molar-refractivity contribution >= 4 is 37.6 Å². The maximum absolute atomic E-state index is 14.0. The van der Waals surface area contributed by atoms with Crippen molar-refractivity contribution in [2.24, 2.45) is 5.92 Å². The molecule has 1 aliphatic rings. The number of para-hydroxylation sites is 1. The van der Waals surface area contributed by atoms with Crippen LogP contribution in [0.2, 0.25) is 18.1 Å². The van der Waals surface area contributed by atoms with Gasteiger partial charge in [-0.25, -0.2) is 4.39 Å². The molecule has 4 aromatic carbocycles. The molecule has 8 heteroatoms. The molecule has 0 saturated carbocycles. The van der Waals surface area contributed by atoms with Crippen molar-refractivity contribution in [3.63, 3.8) is 0 Å². The number of β-lactam (4-membered cyclic amide) rings is 1. The second kappa shape index (κ2) is 14.2. The predicted molar refractivity (Wildman–Crippen MR) is 192 cm³/mol. The Hall–Kier alpha value is -3.72. The lowest BCUT2D eigenvalue weighted by Gasteiger charge is -2.48. The van der Waals surface area contributed by atoms with E-state index in [0.717, 1.165) is 32.8 Å². The molecule has 1 saturated heterocycles. The van der Waals surface area contributed by atoms with E-state index < -0.39 is 14.3 Å². The van der Waals surface area contributed by atoms with Crippen LogP contribution in [0.3, 0.4) is 0 Å². The SMILES string of the molecule is CSc1ccc(-c2ccc(C3C(CCC(O[Si](C)(C)C(C)(C)C)c4ccc(F)cc4)C(=O)N3c3ccccc3)c(OC(C)=O)c2)cc1. The van der Waals surface area contributed by atoms with Crippen LogP contribution >= 0.6 is 11.8 Å². The van der Waals surface area contributed by atoms with Gasteiger partial charge in [0, 0.05) is 23.1 Å². The highest BCUT2D eigenvalue weighted by Crippen LogP contribution is 2.50. The number of thioether (sulfide) groups is 1. The molecule has 1 amide bonds. The molecule has 4 aromatic rings. The highest BCUT2D eigenvalue weighted by molar-refractivity contribution is 7.98. The van der Waals surface area contributed by atoms with Crippen molar-refractivity contribution in [2.75, 3.05) is 11.2 Å². The maximum atomic E-state index is 14.0. The number of anilines is 1. The zero-order valence-corrected chi connectivity index (χ0v) is 30.1.